The maximum atomic E-state index is 11.5. The molecule has 1 aromatic heterocycles. The minimum absolute atomic E-state index is 0.0653. The van der Waals surface area contributed by atoms with E-state index in [4.69, 9.17) is 9.47 Å². The molecule has 0 atom stereocenters. The highest BCUT2D eigenvalue weighted by Crippen LogP contribution is 2.15. The molecule has 0 aliphatic rings. The first-order valence-electron chi connectivity index (χ1n) is 4.94. The molecule has 17 heavy (non-hydrogen) atoms. The quantitative estimate of drug-likeness (QED) is 0.472. The molecule has 1 aromatic rings. The van der Waals surface area contributed by atoms with E-state index in [0.29, 0.717) is 5.75 Å². The van der Waals surface area contributed by atoms with Crippen LogP contribution in [0.25, 0.3) is 0 Å². The van der Waals surface area contributed by atoms with Gasteiger partial charge in [-0.15, -0.1) is 0 Å². The molecule has 0 saturated heterocycles. The molecule has 0 spiro atoms. The van der Waals surface area contributed by atoms with E-state index in [9.17, 15) is 9.59 Å². The molecule has 0 aliphatic carbocycles. The number of methoxy groups -OCH3 is 1. The van der Waals surface area contributed by atoms with Gasteiger partial charge < -0.3 is 9.47 Å². The molecule has 0 radical (unpaired) electrons. The van der Waals surface area contributed by atoms with E-state index in [1.165, 1.54) is 19.2 Å². The largest absolute Gasteiger partial charge is 0.497 e. The lowest BCUT2D eigenvalue weighted by atomic mass is 10.2. The predicted molar refractivity (Wildman–Crippen MR) is 64.9 cm³/mol. The number of ketones is 1. The Morgan fingerprint density at radius 2 is 2.00 bits per heavy atom. The summed E-state index contributed by atoms with van der Waals surface area (Å²) < 4.78 is 9.82. The lowest BCUT2D eigenvalue weighted by molar-refractivity contribution is 0.0519. The molecular weight excluding hydrogens is 290 g/mol. The molecule has 0 aliphatic heterocycles. The van der Waals surface area contributed by atoms with Gasteiger partial charge in [0.25, 0.3) is 0 Å². The van der Waals surface area contributed by atoms with Crippen molar-refractivity contribution >= 4 is 27.7 Å². The van der Waals surface area contributed by atoms with Crippen LogP contribution in [0.15, 0.2) is 12.1 Å². The highest BCUT2D eigenvalue weighted by Gasteiger charge is 2.15. The number of carbonyl (C=O) groups is 2. The van der Waals surface area contributed by atoms with E-state index in [0.717, 1.165) is 0 Å². The number of halogens is 1. The molecule has 0 N–H and O–H groups in total. The Balaban J connectivity index is 3.13. The lowest BCUT2D eigenvalue weighted by Crippen LogP contribution is -2.12. The minimum Gasteiger partial charge on any atom is -0.497 e. The SMILES string of the molecule is CCOC(=O)c1cc(OC)cc(C(=O)CBr)n1. The fourth-order valence-electron chi connectivity index (χ4n) is 1.14. The third kappa shape index (κ3) is 3.52. The topological polar surface area (TPSA) is 65.5 Å². The van der Waals surface area contributed by atoms with Gasteiger partial charge in [-0.25, -0.2) is 9.78 Å². The summed E-state index contributed by atoms with van der Waals surface area (Å²) >= 11 is 3.04. The Morgan fingerprint density at radius 3 is 2.53 bits per heavy atom. The lowest BCUT2D eigenvalue weighted by Gasteiger charge is -2.06. The number of pyridine rings is 1. The highest BCUT2D eigenvalue weighted by molar-refractivity contribution is 9.09. The molecule has 0 fully saturated rings. The van der Waals surface area contributed by atoms with E-state index in [2.05, 4.69) is 20.9 Å². The van der Waals surface area contributed by atoms with Crippen LogP contribution in [0.3, 0.4) is 0 Å². The first-order chi connectivity index (χ1) is 8.12. The van der Waals surface area contributed by atoms with Crippen LogP contribution in [-0.2, 0) is 4.74 Å². The van der Waals surface area contributed by atoms with Crippen LogP contribution in [0.2, 0.25) is 0 Å². The van der Waals surface area contributed by atoms with Crippen molar-refractivity contribution in [1.82, 2.24) is 4.98 Å². The van der Waals surface area contributed by atoms with Gasteiger partial charge in [-0.2, -0.15) is 0 Å². The Kier molecular flexibility index (Phi) is 5.09. The average molecular weight is 302 g/mol. The second-order valence-electron chi connectivity index (χ2n) is 3.05. The first-order valence-corrected chi connectivity index (χ1v) is 6.06. The van der Waals surface area contributed by atoms with E-state index in [1.807, 2.05) is 0 Å². The monoisotopic (exact) mass is 301 g/mol. The Hall–Kier alpha value is -1.43. The number of Topliss-reactive ketones (excluding diaryl/α,β-unsaturated/α-hetero) is 1. The van der Waals surface area contributed by atoms with Crippen molar-refractivity contribution < 1.29 is 19.1 Å². The molecular formula is C11H12BrNO4. The molecule has 0 bridgehead atoms. The molecule has 0 amide bonds. The van der Waals surface area contributed by atoms with Crippen LogP contribution in [-0.4, -0.2) is 35.8 Å². The predicted octanol–water partition coefficient (Wildman–Crippen LogP) is 1.84. The van der Waals surface area contributed by atoms with E-state index in [1.54, 1.807) is 6.92 Å². The molecule has 0 unspecified atom stereocenters. The van der Waals surface area contributed by atoms with Crippen LogP contribution in [0.4, 0.5) is 0 Å². The zero-order valence-corrected chi connectivity index (χ0v) is 11.1. The van der Waals surface area contributed by atoms with Gasteiger partial charge in [0, 0.05) is 12.1 Å². The van der Waals surface area contributed by atoms with E-state index < -0.39 is 5.97 Å². The summed E-state index contributed by atoms with van der Waals surface area (Å²) in [6.07, 6.45) is 0. The summed E-state index contributed by atoms with van der Waals surface area (Å²) in [4.78, 5) is 26.9. The van der Waals surface area contributed by atoms with Gasteiger partial charge in [-0.05, 0) is 6.92 Å². The number of alkyl halides is 1. The van der Waals surface area contributed by atoms with Gasteiger partial charge in [-0.3, -0.25) is 4.79 Å². The van der Waals surface area contributed by atoms with Gasteiger partial charge in [0.15, 0.2) is 11.5 Å². The van der Waals surface area contributed by atoms with E-state index >= 15 is 0 Å². The molecule has 92 valence electrons. The maximum absolute atomic E-state index is 11.5. The molecule has 1 rings (SSSR count). The zero-order valence-electron chi connectivity index (χ0n) is 9.53. The molecule has 0 saturated carbocycles. The third-order valence-corrected chi connectivity index (χ3v) is 2.44. The number of hydrogen-bond acceptors (Lipinski definition) is 5. The Bertz CT molecular complexity index is 433. The second-order valence-corrected chi connectivity index (χ2v) is 3.62. The standard InChI is InChI=1S/C11H12BrNO4/c1-3-17-11(15)9-5-7(16-2)4-8(13-9)10(14)6-12/h4-5H,3,6H2,1-2H3. The van der Waals surface area contributed by atoms with Crippen LogP contribution in [0.1, 0.15) is 27.9 Å². The van der Waals surface area contributed by atoms with Crippen LogP contribution in [0.5, 0.6) is 5.75 Å². The van der Waals surface area contributed by atoms with E-state index in [-0.39, 0.29) is 29.1 Å². The number of aromatic nitrogens is 1. The van der Waals surface area contributed by atoms with Crippen molar-refractivity contribution in [2.24, 2.45) is 0 Å². The van der Waals surface area contributed by atoms with Crippen molar-refractivity contribution in [1.29, 1.82) is 0 Å². The number of rotatable bonds is 5. The van der Waals surface area contributed by atoms with Crippen molar-refractivity contribution in [3.63, 3.8) is 0 Å². The van der Waals surface area contributed by atoms with Gasteiger partial charge in [0.2, 0.25) is 0 Å². The molecule has 5 nitrogen and oxygen atoms in total. The van der Waals surface area contributed by atoms with Crippen molar-refractivity contribution in [3.8, 4) is 5.75 Å². The fourth-order valence-corrected chi connectivity index (χ4v) is 1.43. The third-order valence-electron chi connectivity index (χ3n) is 1.93. The Labute approximate surface area is 107 Å². The summed E-state index contributed by atoms with van der Waals surface area (Å²) in [5, 5.41) is 0.134. The second kappa shape index (κ2) is 6.34. The summed E-state index contributed by atoms with van der Waals surface area (Å²) in [5.74, 6) is -0.406. The number of ether oxygens (including phenoxy) is 2. The zero-order chi connectivity index (χ0) is 12.8. The number of carbonyl (C=O) groups excluding carboxylic acids is 2. The summed E-state index contributed by atoms with van der Waals surface area (Å²) in [6, 6.07) is 2.91. The summed E-state index contributed by atoms with van der Waals surface area (Å²) in [6.45, 7) is 1.95. The van der Waals surface area contributed by atoms with Crippen molar-refractivity contribution in [2.75, 3.05) is 19.0 Å². The fraction of sp³-hybridized carbons (Fsp3) is 0.364. The van der Waals surface area contributed by atoms with Gasteiger partial charge in [-0.1, -0.05) is 15.9 Å². The number of esters is 1. The molecule has 0 aromatic carbocycles. The number of hydrogen-bond donors (Lipinski definition) is 0. The minimum atomic E-state index is -0.574. The smallest absolute Gasteiger partial charge is 0.357 e. The van der Waals surface area contributed by atoms with Crippen molar-refractivity contribution in [3.05, 3.63) is 23.5 Å². The number of nitrogens with zero attached hydrogens (tertiary/aromatic N) is 1. The normalized spacial score (nSPS) is 9.82. The van der Waals surface area contributed by atoms with Gasteiger partial charge in [0.1, 0.15) is 11.4 Å². The molecule has 1 heterocycles. The van der Waals surface area contributed by atoms with Gasteiger partial charge >= 0.3 is 5.97 Å². The maximum Gasteiger partial charge on any atom is 0.357 e. The summed E-state index contributed by atoms with van der Waals surface area (Å²) in [5.41, 5.74) is 0.236. The van der Waals surface area contributed by atoms with Crippen molar-refractivity contribution in [2.45, 2.75) is 6.92 Å². The van der Waals surface area contributed by atoms with Gasteiger partial charge in [0.05, 0.1) is 19.0 Å². The molecule has 6 heteroatoms. The summed E-state index contributed by atoms with van der Waals surface area (Å²) in [7, 11) is 1.45. The Morgan fingerprint density at radius 1 is 1.35 bits per heavy atom. The van der Waals surface area contributed by atoms with Crippen LogP contribution in [0, 0.1) is 0 Å². The highest BCUT2D eigenvalue weighted by atomic mass is 79.9. The van der Waals surface area contributed by atoms with Crippen LogP contribution < -0.4 is 4.74 Å². The first kappa shape index (κ1) is 13.6. The van der Waals surface area contributed by atoms with Crippen LogP contribution >= 0.6 is 15.9 Å². The average Bonchev–Trinajstić information content (AvgIpc) is 2.37.